The van der Waals surface area contributed by atoms with E-state index in [1.807, 2.05) is 231 Å². The minimum atomic E-state index is -0.603. The SMILES string of the molecule is C=C(N)c1cccc(CC(C(=O)OC)C(C)NC(=O)c2ccc(-c3cccc(CN)c3)cc2)c1.C=C(N)c1cccc(CC(C(=O)OC)C(Cc2ccccc2)N(C)C(=O)c2ccc(-c3ccccc3)cc2)c1.C=C(N)c1cccc(CC(CO)C(CC2CCCCC2)NC(=O)c2ccc(-c3cccc(CN)c3)cc2)c1. The minimum absolute atomic E-state index is 0.00187. The van der Waals surface area contributed by atoms with Crippen molar-refractivity contribution in [1.82, 2.24) is 15.5 Å². The first-order valence-corrected chi connectivity index (χ1v) is 37.9. The maximum Gasteiger partial charge on any atom is 0.311 e. The lowest BCUT2D eigenvalue weighted by atomic mass is 9.80. The molecule has 13 N–H and O–H groups in total. The highest BCUT2D eigenvalue weighted by Gasteiger charge is 2.36. The second kappa shape index (κ2) is 41.6. The highest BCUT2D eigenvalue weighted by molar-refractivity contribution is 5.97. The van der Waals surface area contributed by atoms with Gasteiger partial charge in [-0.25, -0.2) is 0 Å². The highest BCUT2D eigenvalue weighted by Crippen LogP contribution is 2.33. The molecule has 16 nitrogen and oxygen atoms in total. The fraction of sp³-hybridized carbons (Fsp3) is 0.253. The van der Waals surface area contributed by atoms with Crippen LogP contribution in [0, 0.1) is 23.7 Å². The third kappa shape index (κ3) is 24.0. The molecule has 0 bridgehead atoms. The van der Waals surface area contributed by atoms with Gasteiger partial charge in [0.25, 0.3) is 17.7 Å². The Bertz CT molecular complexity index is 4750. The van der Waals surface area contributed by atoms with Gasteiger partial charge in [-0.3, -0.25) is 24.0 Å². The number of nitrogens with one attached hydrogen (secondary N) is 2. The van der Waals surface area contributed by atoms with Crippen LogP contribution >= 0.6 is 0 Å². The molecule has 0 heterocycles. The first-order chi connectivity index (χ1) is 53.6. The first kappa shape index (κ1) is 83.1. The fourth-order valence-corrected chi connectivity index (χ4v) is 14.4. The Balaban J connectivity index is 0.000000192. The summed E-state index contributed by atoms with van der Waals surface area (Å²) in [5, 5.41) is 16.7. The summed E-state index contributed by atoms with van der Waals surface area (Å²) in [6.07, 6.45) is 8.94. The molecule has 10 aromatic rings. The van der Waals surface area contributed by atoms with Crippen LogP contribution in [0.5, 0.6) is 0 Å². The normalized spacial score (nSPS) is 13.4. The van der Waals surface area contributed by atoms with Gasteiger partial charge in [0.15, 0.2) is 0 Å². The summed E-state index contributed by atoms with van der Waals surface area (Å²) in [6, 6.07) is 80.8. The molecule has 1 saturated carbocycles. The number of nitrogens with two attached hydrogens (primary N) is 5. The summed E-state index contributed by atoms with van der Waals surface area (Å²) in [7, 11) is 4.49. The van der Waals surface area contributed by atoms with E-state index in [2.05, 4.69) is 42.5 Å². The quantitative estimate of drug-likeness (QED) is 0.0195. The molecule has 6 unspecified atom stereocenters. The number of aliphatic hydroxyl groups excluding tert-OH is 1. The van der Waals surface area contributed by atoms with E-state index in [-0.39, 0.29) is 48.2 Å². The largest absolute Gasteiger partial charge is 0.469 e. The van der Waals surface area contributed by atoms with Gasteiger partial charge < -0.3 is 58.8 Å². The van der Waals surface area contributed by atoms with Gasteiger partial charge in [-0.05, 0) is 195 Å². The van der Waals surface area contributed by atoms with Gasteiger partial charge in [-0.2, -0.15) is 0 Å². The van der Waals surface area contributed by atoms with Crippen molar-refractivity contribution in [1.29, 1.82) is 0 Å². The number of benzene rings is 10. The molecule has 0 saturated heterocycles. The zero-order chi connectivity index (χ0) is 79.3. The standard InChI is InChI=1S/C34H34N2O3.C33H41N3O2.C28H31N3O3/c1-24(35)30-16-10-13-26(21-30)22-31(34(38)39-3)32(23-25-11-6-4-7-12-25)36(2)33(37)29-19-17-28(18-20-29)27-14-8-5-9-15-27;1-23(35)29-11-5-9-25(17-29)18-31(22-37)32(20-24-7-3-2-4-8-24)36-33(38)28-15-13-27(14-16-28)30-12-6-10-26(19-30)21-34;1-18(30)24-8-4-6-20(14-24)16-26(28(33)34-3)19(2)31-27(32)23-12-10-22(11-13-23)25-9-5-7-21(15-25)17-29/h4-21,31-32H,1,22-23,35H2,2-3H3;5-6,9-17,19,24,31-32,37H,1-4,7-8,18,20-22,34-35H2,(H,36,38);4-15,19,26H,1,16-17,29-30H2,2-3H3,(H,31,32). The predicted molar refractivity (Wildman–Crippen MR) is 449 cm³/mol. The number of esters is 2. The second-order valence-electron chi connectivity index (χ2n) is 28.7. The van der Waals surface area contributed by atoms with Crippen LogP contribution in [-0.2, 0) is 57.8 Å². The molecule has 111 heavy (non-hydrogen) atoms. The van der Waals surface area contributed by atoms with Crippen LogP contribution in [-0.4, -0.2) is 85.7 Å². The van der Waals surface area contributed by atoms with Gasteiger partial charge in [0.2, 0.25) is 0 Å². The van der Waals surface area contributed by atoms with Crippen molar-refractivity contribution >= 4 is 46.8 Å². The molecule has 0 aromatic heterocycles. The molecule has 10 aromatic carbocycles. The van der Waals surface area contributed by atoms with Crippen LogP contribution in [0.1, 0.15) is 127 Å². The molecule has 1 aliphatic rings. The third-order valence-electron chi connectivity index (χ3n) is 20.8. The van der Waals surface area contributed by atoms with Gasteiger partial charge >= 0.3 is 11.9 Å². The molecular weight excluding hydrogens is 1380 g/mol. The van der Waals surface area contributed by atoms with Gasteiger partial charge in [0, 0.05) is 84.6 Å². The number of nitrogens with zero attached hydrogens (tertiary/aromatic N) is 1. The Kier molecular flexibility index (Phi) is 31.1. The Hall–Kier alpha value is -12.0. The number of amides is 3. The van der Waals surface area contributed by atoms with Gasteiger partial charge in [-0.15, -0.1) is 0 Å². The molecule has 0 spiro atoms. The van der Waals surface area contributed by atoms with E-state index in [1.54, 1.807) is 31.0 Å². The maximum atomic E-state index is 13.8. The van der Waals surface area contributed by atoms with Crippen molar-refractivity contribution < 1.29 is 38.6 Å². The molecule has 16 heteroatoms. The number of carbonyl (C=O) groups excluding carboxylic acids is 5. The number of likely N-dealkylation sites (N-methyl/N-ethyl adjacent to an activating group) is 1. The van der Waals surface area contributed by atoms with E-state index >= 15 is 0 Å². The van der Waals surface area contributed by atoms with E-state index in [0.717, 1.165) is 89.9 Å². The smallest absolute Gasteiger partial charge is 0.311 e. The van der Waals surface area contributed by atoms with Crippen LogP contribution in [0.4, 0.5) is 0 Å². The Morgan fingerprint density at radius 2 is 0.811 bits per heavy atom. The number of hydrogen-bond donors (Lipinski definition) is 8. The Morgan fingerprint density at radius 1 is 0.432 bits per heavy atom. The maximum absolute atomic E-state index is 13.8. The van der Waals surface area contributed by atoms with Gasteiger partial charge in [-0.1, -0.05) is 240 Å². The van der Waals surface area contributed by atoms with E-state index < -0.39 is 23.9 Å². The Morgan fingerprint density at radius 3 is 1.26 bits per heavy atom. The number of hydrogen-bond acceptors (Lipinski definition) is 13. The third-order valence-corrected chi connectivity index (χ3v) is 20.8. The van der Waals surface area contributed by atoms with Crippen LogP contribution in [0.2, 0.25) is 0 Å². The minimum Gasteiger partial charge on any atom is -0.469 e. The summed E-state index contributed by atoms with van der Waals surface area (Å²) >= 11 is 0. The topological polar surface area (TPSA) is 281 Å². The van der Waals surface area contributed by atoms with Crippen molar-refractivity contribution in [2.75, 3.05) is 27.9 Å². The molecule has 1 aliphatic carbocycles. The molecule has 574 valence electrons. The predicted octanol–water partition coefficient (Wildman–Crippen LogP) is 15.6. The van der Waals surface area contributed by atoms with Crippen molar-refractivity contribution in [3.05, 3.63) is 341 Å². The van der Waals surface area contributed by atoms with Crippen LogP contribution < -0.4 is 39.3 Å². The lowest BCUT2D eigenvalue weighted by molar-refractivity contribution is -0.147. The van der Waals surface area contributed by atoms with E-state index in [1.165, 1.54) is 46.3 Å². The van der Waals surface area contributed by atoms with Gasteiger partial charge in [0.05, 0.1) is 26.1 Å². The zero-order valence-electron chi connectivity index (χ0n) is 64.2. The fourth-order valence-electron chi connectivity index (χ4n) is 14.4. The lowest BCUT2D eigenvalue weighted by Gasteiger charge is -2.34. The van der Waals surface area contributed by atoms with Crippen molar-refractivity contribution in [3.8, 4) is 33.4 Å². The molecule has 3 amide bonds. The van der Waals surface area contributed by atoms with E-state index in [4.69, 9.17) is 38.1 Å². The average molecular weight is 1490 g/mol. The van der Waals surface area contributed by atoms with Crippen LogP contribution in [0.15, 0.2) is 275 Å². The molecular formula is C95H106N8O8. The first-order valence-electron chi connectivity index (χ1n) is 37.9. The molecule has 0 aliphatic heterocycles. The average Bonchev–Trinajstić information content (AvgIpc) is 0.811. The highest BCUT2D eigenvalue weighted by atomic mass is 16.5. The number of carbonyl (C=O) groups is 5. The number of rotatable bonds is 30. The summed E-state index contributed by atoms with van der Waals surface area (Å²) in [5.41, 5.74) is 47.1. The van der Waals surface area contributed by atoms with Gasteiger partial charge in [0.1, 0.15) is 0 Å². The zero-order valence-corrected chi connectivity index (χ0v) is 64.2. The monoisotopic (exact) mass is 1490 g/mol. The number of aliphatic hydroxyl groups is 1. The van der Waals surface area contributed by atoms with E-state index in [9.17, 15) is 29.1 Å². The van der Waals surface area contributed by atoms with Crippen molar-refractivity contribution in [3.63, 3.8) is 0 Å². The summed E-state index contributed by atoms with van der Waals surface area (Å²) in [6.45, 7) is 14.2. The van der Waals surface area contributed by atoms with Crippen molar-refractivity contribution in [2.45, 2.75) is 102 Å². The molecule has 1 fully saturated rings. The second-order valence-corrected chi connectivity index (χ2v) is 28.7. The number of ether oxygens (including phenoxy) is 2. The molecule has 6 atom stereocenters. The van der Waals surface area contributed by atoms with Crippen molar-refractivity contribution in [2.24, 2.45) is 52.3 Å². The summed E-state index contributed by atoms with van der Waals surface area (Å²) in [4.78, 5) is 67.5. The van der Waals surface area contributed by atoms with E-state index in [0.29, 0.717) is 78.5 Å². The summed E-state index contributed by atoms with van der Waals surface area (Å²) in [5.74, 6) is -1.97. The molecule has 0 radical (unpaired) electrons. The van der Waals surface area contributed by atoms with Crippen LogP contribution in [0.3, 0.4) is 0 Å². The number of methoxy groups -OCH3 is 2. The summed E-state index contributed by atoms with van der Waals surface area (Å²) < 4.78 is 10.3. The molecule has 11 rings (SSSR count). The van der Waals surface area contributed by atoms with Crippen LogP contribution in [0.25, 0.3) is 50.5 Å². The Labute approximate surface area is 654 Å². The lowest BCUT2D eigenvalue weighted by Crippen LogP contribution is -2.47.